The summed E-state index contributed by atoms with van der Waals surface area (Å²) < 4.78 is 1.69. The summed E-state index contributed by atoms with van der Waals surface area (Å²) in [4.78, 5) is 12.1. The average molecular weight is 284 g/mol. The van der Waals surface area contributed by atoms with Gasteiger partial charge in [-0.1, -0.05) is 6.08 Å². The third kappa shape index (κ3) is 1.95. The van der Waals surface area contributed by atoms with Crippen LogP contribution in [0.15, 0.2) is 24.3 Å². The molecule has 0 fully saturated rings. The minimum atomic E-state index is -0.904. The molecule has 0 spiro atoms. The molecule has 2 aromatic heterocycles. The van der Waals surface area contributed by atoms with Gasteiger partial charge < -0.3 is 20.5 Å². The molecule has 0 unspecified atom stereocenters. The Morgan fingerprint density at radius 3 is 2.63 bits per heavy atom. The lowest BCUT2D eigenvalue weighted by Gasteiger charge is -2.18. The van der Waals surface area contributed by atoms with Crippen molar-refractivity contribution in [2.75, 3.05) is 5.73 Å². The van der Waals surface area contributed by atoms with Crippen molar-refractivity contribution in [2.24, 2.45) is 0 Å². The van der Waals surface area contributed by atoms with Crippen LogP contribution in [-0.4, -0.2) is 41.9 Å². The van der Waals surface area contributed by atoms with Crippen LogP contribution in [0.2, 0.25) is 0 Å². The molecule has 3 rings (SSSR count). The summed E-state index contributed by atoms with van der Waals surface area (Å²) in [5.74, 6) is 0.299. The summed E-state index contributed by atoms with van der Waals surface area (Å²) in [7, 11) is 0. The Kier molecular flexibility index (Phi) is 3.44. The quantitative estimate of drug-likeness (QED) is 0.638. The fourth-order valence-electron chi connectivity index (χ4n) is 2.26. The van der Waals surface area contributed by atoms with Crippen molar-refractivity contribution in [2.45, 2.75) is 25.2 Å². The highest BCUT2D eigenvalue weighted by atomic mass is 35.5. The van der Waals surface area contributed by atoms with Gasteiger partial charge in [0, 0.05) is 0 Å². The monoisotopic (exact) mass is 283 g/mol. The molecular formula is C11H14ClN5O2. The maximum atomic E-state index is 10.0. The molecule has 4 N–H and O–H groups in total. The first-order valence-corrected chi connectivity index (χ1v) is 5.57. The van der Waals surface area contributed by atoms with Crippen LogP contribution in [-0.2, 0) is 0 Å². The van der Waals surface area contributed by atoms with Gasteiger partial charge in [-0.15, -0.1) is 12.4 Å². The maximum Gasteiger partial charge on any atom is 0.166 e. The van der Waals surface area contributed by atoms with Gasteiger partial charge in [-0.2, -0.15) is 0 Å². The maximum absolute atomic E-state index is 10.0. The zero-order valence-corrected chi connectivity index (χ0v) is 10.9. The topological polar surface area (TPSA) is 110 Å². The second kappa shape index (κ2) is 4.76. The van der Waals surface area contributed by atoms with E-state index in [-0.39, 0.29) is 18.4 Å². The summed E-state index contributed by atoms with van der Waals surface area (Å²) in [6.07, 6.45) is 2.94. The highest BCUT2D eigenvalue weighted by Gasteiger charge is 2.34. The van der Waals surface area contributed by atoms with Crippen LogP contribution in [0.5, 0.6) is 0 Å². The number of aliphatic hydroxyl groups is 2. The SMILES string of the molecule is CC1=C[C@@H](n2cnc3c(N)ncnc32)[C@H](O)[C@@H]1O.Cl. The number of rotatable bonds is 1. The van der Waals surface area contributed by atoms with Crippen molar-refractivity contribution in [1.82, 2.24) is 19.5 Å². The van der Waals surface area contributed by atoms with E-state index in [9.17, 15) is 10.2 Å². The van der Waals surface area contributed by atoms with Gasteiger partial charge in [0.05, 0.1) is 12.4 Å². The van der Waals surface area contributed by atoms with Crippen LogP contribution in [0.3, 0.4) is 0 Å². The second-order valence-corrected chi connectivity index (χ2v) is 4.42. The lowest BCUT2D eigenvalue weighted by atomic mass is 10.1. The van der Waals surface area contributed by atoms with E-state index in [0.717, 1.165) is 5.57 Å². The van der Waals surface area contributed by atoms with Gasteiger partial charge in [0.25, 0.3) is 0 Å². The third-order valence-electron chi connectivity index (χ3n) is 3.28. The third-order valence-corrected chi connectivity index (χ3v) is 3.28. The molecule has 0 saturated carbocycles. The lowest BCUT2D eigenvalue weighted by molar-refractivity contribution is 0.0329. The van der Waals surface area contributed by atoms with Gasteiger partial charge in [-0.3, -0.25) is 0 Å². The Labute approximate surface area is 115 Å². The molecule has 19 heavy (non-hydrogen) atoms. The van der Waals surface area contributed by atoms with Crippen LogP contribution >= 0.6 is 12.4 Å². The highest BCUT2D eigenvalue weighted by molar-refractivity contribution is 5.85. The molecule has 2 aromatic rings. The number of nitrogen functional groups attached to an aromatic ring is 1. The summed E-state index contributed by atoms with van der Waals surface area (Å²) in [5.41, 5.74) is 7.48. The smallest absolute Gasteiger partial charge is 0.166 e. The van der Waals surface area contributed by atoms with E-state index in [0.29, 0.717) is 17.0 Å². The van der Waals surface area contributed by atoms with Crippen LogP contribution in [0, 0.1) is 0 Å². The predicted octanol–water partition coefficient (Wildman–Crippen LogP) is 0.0531. The van der Waals surface area contributed by atoms with Crippen molar-refractivity contribution < 1.29 is 10.2 Å². The molecule has 1 aliphatic rings. The summed E-state index contributed by atoms with van der Waals surface area (Å²) in [6, 6.07) is -0.390. The van der Waals surface area contributed by atoms with E-state index in [4.69, 9.17) is 5.73 Å². The Hall–Kier alpha value is -1.70. The summed E-state index contributed by atoms with van der Waals surface area (Å²) >= 11 is 0. The molecule has 102 valence electrons. The van der Waals surface area contributed by atoms with Gasteiger partial charge in [-0.25, -0.2) is 15.0 Å². The molecule has 2 heterocycles. The molecule has 0 amide bonds. The Morgan fingerprint density at radius 1 is 1.26 bits per heavy atom. The molecule has 7 nitrogen and oxygen atoms in total. The van der Waals surface area contributed by atoms with Crippen molar-refractivity contribution in [3.05, 3.63) is 24.3 Å². The number of fused-ring (bicyclic) bond motifs is 1. The molecule has 8 heteroatoms. The fourth-order valence-corrected chi connectivity index (χ4v) is 2.26. The largest absolute Gasteiger partial charge is 0.388 e. The second-order valence-electron chi connectivity index (χ2n) is 4.42. The summed E-state index contributed by atoms with van der Waals surface area (Å²) in [6.45, 7) is 1.77. The number of nitrogens with two attached hydrogens (primary N) is 1. The van der Waals surface area contributed by atoms with Crippen molar-refractivity contribution in [3.63, 3.8) is 0 Å². The normalized spacial score (nSPS) is 26.3. The number of hydrogen-bond acceptors (Lipinski definition) is 6. The number of anilines is 1. The summed E-state index contributed by atoms with van der Waals surface area (Å²) in [5, 5.41) is 19.8. The van der Waals surface area contributed by atoms with Crippen LogP contribution in [0.25, 0.3) is 11.2 Å². The molecule has 0 bridgehead atoms. The Bertz CT molecular complexity index is 641. The van der Waals surface area contributed by atoms with E-state index >= 15 is 0 Å². The van der Waals surface area contributed by atoms with Gasteiger partial charge >= 0.3 is 0 Å². The van der Waals surface area contributed by atoms with Crippen molar-refractivity contribution >= 4 is 29.4 Å². The van der Waals surface area contributed by atoms with Gasteiger partial charge in [-0.05, 0) is 12.5 Å². The molecule has 3 atom stereocenters. The minimum absolute atomic E-state index is 0. The van der Waals surface area contributed by atoms with Crippen molar-refractivity contribution in [1.29, 1.82) is 0 Å². The van der Waals surface area contributed by atoms with Crippen molar-refractivity contribution in [3.8, 4) is 0 Å². The molecule has 1 aliphatic carbocycles. The molecule has 0 aromatic carbocycles. The van der Waals surface area contributed by atoms with E-state index in [1.54, 1.807) is 23.9 Å². The minimum Gasteiger partial charge on any atom is -0.388 e. The molecule has 0 aliphatic heterocycles. The van der Waals surface area contributed by atoms with Crippen LogP contribution in [0.1, 0.15) is 13.0 Å². The average Bonchev–Trinajstić information content (AvgIpc) is 2.88. The zero-order chi connectivity index (χ0) is 12.9. The Balaban J connectivity index is 0.00000133. The van der Waals surface area contributed by atoms with Gasteiger partial charge in [0.2, 0.25) is 0 Å². The standard InChI is InChI=1S/C11H13N5O2.ClH/c1-5-2-6(9(18)8(5)17)16-4-15-7-10(12)13-3-14-11(7)16;/h2-4,6,8-9,17-18H,1H3,(H2,12,13,14);1H/t6-,8-,9+;/m1./s1. The van der Waals surface area contributed by atoms with Gasteiger partial charge in [0.15, 0.2) is 11.5 Å². The van der Waals surface area contributed by atoms with Crippen LogP contribution < -0.4 is 5.73 Å². The molecule has 0 saturated heterocycles. The van der Waals surface area contributed by atoms with Crippen LogP contribution in [0.4, 0.5) is 5.82 Å². The van der Waals surface area contributed by atoms with E-state index < -0.39 is 12.2 Å². The molecular weight excluding hydrogens is 270 g/mol. The number of halogens is 1. The number of imidazole rings is 1. The number of hydrogen-bond donors (Lipinski definition) is 3. The first kappa shape index (κ1) is 13.7. The lowest BCUT2D eigenvalue weighted by Crippen LogP contribution is -2.29. The van der Waals surface area contributed by atoms with Gasteiger partial charge in [0.1, 0.15) is 24.1 Å². The van der Waals surface area contributed by atoms with E-state index in [2.05, 4.69) is 15.0 Å². The predicted molar refractivity (Wildman–Crippen MR) is 71.8 cm³/mol. The number of aliphatic hydroxyl groups excluding tert-OH is 2. The molecule has 0 radical (unpaired) electrons. The van der Waals surface area contributed by atoms with E-state index in [1.165, 1.54) is 6.33 Å². The number of nitrogens with zero attached hydrogens (tertiary/aromatic N) is 4. The Morgan fingerprint density at radius 2 is 2.00 bits per heavy atom. The number of aromatic nitrogens is 4. The van der Waals surface area contributed by atoms with E-state index in [1.807, 2.05) is 0 Å². The highest BCUT2D eigenvalue weighted by Crippen LogP contribution is 2.31. The first-order chi connectivity index (χ1) is 8.59. The first-order valence-electron chi connectivity index (χ1n) is 5.57. The zero-order valence-electron chi connectivity index (χ0n) is 10.1. The fraction of sp³-hybridized carbons (Fsp3) is 0.364.